The fraction of sp³-hybridized carbons (Fsp3) is 0.500. The minimum Gasteiger partial charge on any atom is -0.330 e. The Balaban J connectivity index is 2.40. The average Bonchev–Trinajstić information content (AvgIpc) is 3.09. The molecule has 0 aromatic heterocycles. The van der Waals surface area contributed by atoms with E-state index in [2.05, 4.69) is 0 Å². The first-order valence-electron chi connectivity index (χ1n) is 5.49. The number of alkyl halides is 5. The first kappa shape index (κ1) is 13.3. The Morgan fingerprint density at radius 1 is 1.06 bits per heavy atom. The molecular weight excluding hydrogens is 253 g/mol. The average molecular weight is 265 g/mol. The highest BCUT2D eigenvalue weighted by atomic mass is 19.4. The molecule has 100 valence electrons. The van der Waals surface area contributed by atoms with Gasteiger partial charge in [-0.3, -0.25) is 0 Å². The zero-order valence-corrected chi connectivity index (χ0v) is 9.40. The lowest BCUT2D eigenvalue weighted by Crippen LogP contribution is -2.34. The van der Waals surface area contributed by atoms with Crippen molar-refractivity contribution in [1.29, 1.82) is 0 Å². The van der Waals surface area contributed by atoms with Crippen LogP contribution >= 0.6 is 0 Å². The van der Waals surface area contributed by atoms with Gasteiger partial charge in [-0.2, -0.15) is 13.2 Å². The molecule has 18 heavy (non-hydrogen) atoms. The van der Waals surface area contributed by atoms with Gasteiger partial charge in [0.25, 0.3) is 5.92 Å². The summed E-state index contributed by atoms with van der Waals surface area (Å²) in [5, 5.41) is 0. The molecule has 0 heterocycles. The third-order valence-corrected chi connectivity index (χ3v) is 3.46. The van der Waals surface area contributed by atoms with E-state index in [4.69, 9.17) is 5.73 Å². The van der Waals surface area contributed by atoms with E-state index in [1.165, 1.54) is 0 Å². The van der Waals surface area contributed by atoms with Gasteiger partial charge in [-0.15, -0.1) is 0 Å². The van der Waals surface area contributed by atoms with E-state index in [0.29, 0.717) is 6.07 Å². The van der Waals surface area contributed by atoms with Crippen LogP contribution in [0.1, 0.15) is 24.0 Å². The zero-order chi connectivity index (χ0) is 13.6. The molecule has 0 radical (unpaired) electrons. The first-order valence-corrected chi connectivity index (χ1v) is 5.49. The van der Waals surface area contributed by atoms with Crippen molar-refractivity contribution in [3.8, 4) is 0 Å². The lowest BCUT2D eigenvalue weighted by atomic mass is 9.90. The highest BCUT2D eigenvalue weighted by Gasteiger charge is 2.61. The second kappa shape index (κ2) is 3.91. The van der Waals surface area contributed by atoms with E-state index in [-0.39, 0.29) is 19.4 Å². The molecule has 0 aliphatic heterocycles. The van der Waals surface area contributed by atoms with Gasteiger partial charge in [0.15, 0.2) is 0 Å². The van der Waals surface area contributed by atoms with E-state index in [9.17, 15) is 22.0 Å². The van der Waals surface area contributed by atoms with Gasteiger partial charge in [-0.1, -0.05) is 12.1 Å². The Morgan fingerprint density at radius 2 is 1.61 bits per heavy atom. The van der Waals surface area contributed by atoms with Crippen LogP contribution in [0.5, 0.6) is 0 Å². The lowest BCUT2D eigenvalue weighted by Gasteiger charge is -2.26. The summed E-state index contributed by atoms with van der Waals surface area (Å²) in [7, 11) is 0. The standard InChI is InChI=1S/C12H12F5N/c13-11(14,10(7-18)4-5-10)8-2-1-3-9(6-8)12(15,16)17/h1-3,6H,4-5,7,18H2. The smallest absolute Gasteiger partial charge is 0.330 e. The number of benzene rings is 1. The third-order valence-electron chi connectivity index (χ3n) is 3.46. The summed E-state index contributed by atoms with van der Waals surface area (Å²) in [4.78, 5) is 0. The van der Waals surface area contributed by atoms with E-state index < -0.39 is 28.6 Å². The number of hydrogen-bond donors (Lipinski definition) is 1. The largest absolute Gasteiger partial charge is 0.416 e. The van der Waals surface area contributed by atoms with Crippen LogP contribution in [0.4, 0.5) is 22.0 Å². The number of rotatable bonds is 3. The van der Waals surface area contributed by atoms with Crippen molar-refractivity contribution in [2.45, 2.75) is 24.9 Å². The van der Waals surface area contributed by atoms with Crippen LogP contribution in [0.3, 0.4) is 0 Å². The molecule has 0 atom stereocenters. The monoisotopic (exact) mass is 265 g/mol. The van der Waals surface area contributed by atoms with Crippen LogP contribution in [0.15, 0.2) is 24.3 Å². The number of nitrogens with two attached hydrogens (primary N) is 1. The van der Waals surface area contributed by atoms with Crippen LogP contribution in [0.25, 0.3) is 0 Å². The van der Waals surface area contributed by atoms with Gasteiger partial charge in [0.05, 0.1) is 11.0 Å². The molecular formula is C12H12F5N. The third kappa shape index (κ3) is 1.98. The van der Waals surface area contributed by atoms with E-state index in [1.807, 2.05) is 0 Å². The van der Waals surface area contributed by atoms with Crippen LogP contribution in [0.2, 0.25) is 0 Å². The summed E-state index contributed by atoms with van der Waals surface area (Å²) in [6.45, 7) is -0.226. The Morgan fingerprint density at radius 3 is 2.06 bits per heavy atom. The minimum atomic E-state index is -4.62. The van der Waals surface area contributed by atoms with E-state index in [0.717, 1.165) is 18.2 Å². The van der Waals surface area contributed by atoms with Crippen molar-refractivity contribution in [2.75, 3.05) is 6.54 Å². The molecule has 2 N–H and O–H groups in total. The molecule has 1 fully saturated rings. The van der Waals surface area contributed by atoms with E-state index in [1.54, 1.807) is 0 Å². The molecule has 1 aliphatic carbocycles. The fourth-order valence-electron chi connectivity index (χ4n) is 1.99. The Bertz CT molecular complexity index is 448. The number of halogens is 5. The summed E-state index contributed by atoms with van der Waals surface area (Å²) in [5.41, 5.74) is 2.28. The molecule has 0 amide bonds. The molecule has 0 bridgehead atoms. The van der Waals surface area contributed by atoms with Crippen molar-refractivity contribution < 1.29 is 22.0 Å². The van der Waals surface area contributed by atoms with Gasteiger partial charge in [-0.25, -0.2) is 8.78 Å². The molecule has 0 spiro atoms. The summed E-state index contributed by atoms with van der Waals surface area (Å²) < 4.78 is 65.7. The highest BCUT2D eigenvalue weighted by Crippen LogP contribution is 2.60. The Kier molecular flexibility index (Phi) is 2.88. The predicted molar refractivity (Wildman–Crippen MR) is 56.1 cm³/mol. The molecule has 1 aromatic rings. The van der Waals surface area contributed by atoms with Gasteiger partial charge in [0.2, 0.25) is 0 Å². The van der Waals surface area contributed by atoms with Gasteiger partial charge in [0.1, 0.15) is 0 Å². The van der Waals surface area contributed by atoms with E-state index >= 15 is 0 Å². The Labute approximate surface area is 101 Å². The highest BCUT2D eigenvalue weighted by molar-refractivity contribution is 5.31. The minimum absolute atomic E-state index is 0.226. The van der Waals surface area contributed by atoms with Crippen LogP contribution in [-0.2, 0) is 12.1 Å². The fourth-order valence-corrected chi connectivity index (χ4v) is 1.99. The molecule has 1 aromatic carbocycles. The van der Waals surface area contributed by atoms with Crippen LogP contribution < -0.4 is 5.73 Å². The topological polar surface area (TPSA) is 26.0 Å². The molecule has 6 heteroatoms. The Hall–Kier alpha value is -1.17. The second-order valence-electron chi connectivity index (χ2n) is 4.64. The van der Waals surface area contributed by atoms with Gasteiger partial charge in [0, 0.05) is 12.1 Å². The molecule has 1 saturated carbocycles. The molecule has 0 saturated heterocycles. The maximum absolute atomic E-state index is 14.1. The van der Waals surface area contributed by atoms with Crippen molar-refractivity contribution in [2.24, 2.45) is 11.1 Å². The lowest BCUT2D eigenvalue weighted by molar-refractivity contribution is -0.138. The summed E-state index contributed by atoms with van der Waals surface area (Å²) >= 11 is 0. The molecule has 1 nitrogen and oxygen atoms in total. The van der Waals surface area contributed by atoms with Gasteiger partial charge < -0.3 is 5.73 Å². The summed E-state index contributed by atoms with van der Waals surface area (Å²) in [6.07, 6.45) is -4.13. The summed E-state index contributed by atoms with van der Waals surface area (Å²) in [6, 6.07) is 3.31. The van der Waals surface area contributed by atoms with Crippen molar-refractivity contribution in [3.63, 3.8) is 0 Å². The van der Waals surface area contributed by atoms with Crippen molar-refractivity contribution in [3.05, 3.63) is 35.4 Å². The molecule has 1 aliphatic rings. The quantitative estimate of drug-likeness (QED) is 0.831. The SMILES string of the molecule is NCC1(C(F)(F)c2cccc(C(F)(F)F)c2)CC1. The van der Waals surface area contributed by atoms with Crippen LogP contribution in [0, 0.1) is 5.41 Å². The summed E-state index contributed by atoms with van der Waals surface area (Å²) in [5.74, 6) is -3.32. The second-order valence-corrected chi connectivity index (χ2v) is 4.64. The number of hydrogen-bond acceptors (Lipinski definition) is 1. The van der Waals surface area contributed by atoms with Gasteiger partial charge in [-0.05, 0) is 25.0 Å². The normalized spacial score (nSPS) is 18.8. The maximum Gasteiger partial charge on any atom is 0.416 e. The zero-order valence-electron chi connectivity index (χ0n) is 9.40. The maximum atomic E-state index is 14.1. The predicted octanol–water partition coefficient (Wildman–Crippen LogP) is 3.54. The first-order chi connectivity index (χ1) is 8.23. The van der Waals surface area contributed by atoms with Crippen LogP contribution in [-0.4, -0.2) is 6.54 Å². The molecule has 0 unspecified atom stereocenters. The van der Waals surface area contributed by atoms with Gasteiger partial charge >= 0.3 is 6.18 Å². The van der Waals surface area contributed by atoms with Crippen molar-refractivity contribution >= 4 is 0 Å². The molecule has 2 rings (SSSR count). The van der Waals surface area contributed by atoms with Crippen molar-refractivity contribution in [1.82, 2.24) is 0 Å².